The lowest BCUT2D eigenvalue weighted by molar-refractivity contribution is -0.113. The molecule has 0 unspecified atom stereocenters. The van der Waals surface area contributed by atoms with Gasteiger partial charge in [-0.1, -0.05) is 60.0 Å². The predicted molar refractivity (Wildman–Crippen MR) is 111 cm³/mol. The van der Waals surface area contributed by atoms with Gasteiger partial charge < -0.3 is 5.32 Å². The number of aromatic nitrogens is 4. The molecular weight excluding hydrogens is 398 g/mol. The molecule has 1 aliphatic carbocycles. The van der Waals surface area contributed by atoms with Crippen molar-refractivity contribution in [2.75, 3.05) is 16.8 Å². The summed E-state index contributed by atoms with van der Waals surface area (Å²) in [4.78, 5) is 12.5. The highest BCUT2D eigenvalue weighted by molar-refractivity contribution is 8.03. The minimum absolute atomic E-state index is 0.0701. The molecule has 0 saturated heterocycles. The lowest BCUT2D eigenvalue weighted by atomic mass is 10.3. The first-order valence-electron chi connectivity index (χ1n) is 8.77. The highest BCUT2D eigenvalue weighted by Crippen LogP contribution is 2.40. The third kappa shape index (κ3) is 4.72. The quantitative estimate of drug-likeness (QED) is 0.546. The molecule has 0 atom stereocenters. The van der Waals surface area contributed by atoms with Gasteiger partial charge in [0.25, 0.3) is 0 Å². The zero-order chi connectivity index (χ0) is 18.6. The Labute approximate surface area is 170 Å². The summed E-state index contributed by atoms with van der Waals surface area (Å²) in [5.74, 6) is 2.43. The second-order valence-corrected chi connectivity index (χ2v) is 9.79. The normalized spacial score (nSPS) is 13.7. The van der Waals surface area contributed by atoms with Crippen LogP contribution in [0.1, 0.15) is 31.4 Å². The average Bonchev–Trinajstić information content (AvgIpc) is 3.30. The van der Waals surface area contributed by atoms with Gasteiger partial charge in [0.2, 0.25) is 5.91 Å². The van der Waals surface area contributed by atoms with E-state index in [4.69, 9.17) is 5.10 Å². The van der Waals surface area contributed by atoms with E-state index in [0.29, 0.717) is 17.5 Å². The van der Waals surface area contributed by atoms with Crippen LogP contribution in [0.4, 0.5) is 5.82 Å². The smallest absolute Gasteiger partial charge is 0.235 e. The van der Waals surface area contributed by atoms with E-state index in [1.54, 1.807) is 11.8 Å². The lowest BCUT2D eigenvalue weighted by Gasteiger charge is -2.08. The Morgan fingerprint density at radius 2 is 1.96 bits per heavy atom. The summed E-state index contributed by atoms with van der Waals surface area (Å²) in [6.07, 6.45) is 2.34. The first kappa shape index (κ1) is 18.5. The van der Waals surface area contributed by atoms with Gasteiger partial charge in [-0.2, -0.15) is 5.10 Å². The maximum absolute atomic E-state index is 12.5. The monoisotopic (exact) mass is 417 g/mol. The van der Waals surface area contributed by atoms with Crippen LogP contribution in [0, 0.1) is 0 Å². The van der Waals surface area contributed by atoms with Crippen molar-refractivity contribution < 1.29 is 4.79 Å². The van der Waals surface area contributed by atoms with E-state index in [0.717, 1.165) is 25.8 Å². The largest absolute Gasteiger partial charge is 0.310 e. The van der Waals surface area contributed by atoms with E-state index in [1.807, 2.05) is 41.1 Å². The third-order valence-electron chi connectivity index (χ3n) is 3.97. The molecule has 4 rings (SSSR count). The fraction of sp³-hybridized carbons (Fsp3) is 0.333. The van der Waals surface area contributed by atoms with Gasteiger partial charge in [-0.15, -0.1) is 10.2 Å². The second kappa shape index (κ2) is 8.45. The summed E-state index contributed by atoms with van der Waals surface area (Å²) in [5, 5.41) is 16.0. The number of thioether (sulfide) groups is 2. The number of benzene rings is 1. The fourth-order valence-corrected chi connectivity index (χ4v) is 5.29. The van der Waals surface area contributed by atoms with Gasteiger partial charge in [0, 0.05) is 12.0 Å². The first-order chi connectivity index (χ1) is 13.2. The Hall–Kier alpha value is -1.84. The Balaban J connectivity index is 1.44. The van der Waals surface area contributed by atoms with Crippen molar-refractivity contribution in [3.63, 3.8) is 0 Å². The van der Waals surface area contributed by atoms with Crippen LogP contribution in [-0.4, -0.2) is 37.4 Å². The highest BCUT2D eigenvalue weighted by Gasteiger charge is 2.28. The Morgan fingerprint density at radius 3 is 2.67 bits per heavy atom. The number of nitrogens with zero attached hydrogens (tertiary/aromatic N) is 4. The Bertz CT molecular complexity index is 920. The molecule has 2 heterocycles. The van der Waals surface area contributed by atoms with Crippen LogP contribution < -0.4 is 5.32 Å². The molecule has 1 N–H and O–H groups in total. The van der Waals surface area contributed by atoms with E-state index >= 15 is 0 Å². The molecule has 1 fully saturated rings. The molecule has 0 radical (unpaired) electrons. The van der Waals surface area contributed by atoms with Crippen LogP contribution in [0.15, 0.2) is 45.1 Å². The van der Waals surface area contributed by atoms with Gasteiger partial charge in [-0.25, -0.2) is 4.68 Å². The average molecular weight is 418 g/mol. The molecule has 3 aromatic rings. The molecule has 0 spiro atoms. The molecule has 27 heavy (non-hydrogen) atoms. The summed E-state index contributed by atoms with van der Waals surface area (Å²) in [7, 11) is 0. The molecule has 1 saturated carbocycles. The lowest BCUT2D eigenvalue weighted by Crippen LogP contribution is -2.16. The van der Waals surface area contributed by atoms with Crippen LogP contribution in [0.25, 0.3) is 5.69 Å². The fourth-order valence-electron chi connectivity index (χ4n) is 2.58. The van der Waals surface area contributed by atoms with Crippen molar-refractivity contribution in [3.8, 4) is 5.69 Å². The number of nitrogens with one attached hydrogen (secondary N) is 1. The van der Waals surface area contributed by atoms with E-state index in [1.165, 1.54) is 35.9 Å². The van der Waals surface area contributed by atoms with E-state index in [9.17, 15) is 4.79 Å². The van der Waals surface area contributed by atoms with Gasteiger partial charge in [-0.05, 0) is 30.7 Å². The number of hydrogen-bond donors (Lipinski definition) is 1. The van der Waals surface area contributed by atoms with E-state index in [2.05, 4.69) is 22.4 Å². The van der Waals surface area contributed by atoms with E-state index < -0.39 is 0 Å². The minimum Gasteiger partial charge on any atom is -0.310 e. The zero-order valence-corrected chi connectivity index (χ0v) is 17.2. The number of anilines is 1. The van der Waals surface area contributed by atoms with Gasteiger partial charge in [0.05, 0.1) is 17.1 Å². The van der Waals surface area contributed by atoms with Gasteiger partial charge >= 0.3 is 0 Å². The van der Waals surface area contributed by atoms with Crippen molar-refractivity contribution in [1.29, 1.82) is 0 Å². The molecule has 2 aromatic heterocycles. The third-order valence-corrected chi connectivity index (χ3v) is 7.05. The number of carbonyl (C=O) groups excluding carboxylic acids is 1. The molecule has 1 aromatic carbocycles. The minimum atomic E-state index is -0.0701. The second-order valence-electron chi connectivity index (χ2n) is 6.08. The van der Waals surface area contributed by atoms with Crippen LogP contribution in [-0.2, 0) is 4.79 Å². The number of para-hydroxylation sites is 1. The summed E-state index contributed by atoms with van der Waals surface area (Å²) in [5.41, 5.74) is 1.99. The Kier molecular flexibility index (Phi) is 5.80. The molecule has 1 amide bonds. The molecule has 0 aliphatic heterocycles. The summed E-state index contributed by atoms with van der Waals surface area (Å²) < 4.78 is 3.57. The maximum atomic E-state index is 12.5. The maximum Gasteiger partial charge on any atom is 0.235 e. The van der Waals surface area contributed by atoms with Gasteiger partial charge in [-0.3, -0.25) is 4.79 Å². The van der Waals surface area contributed by atoms with Crippen molar-refractivity contribution in [3.05, 3.63) is 42.1 Å². The van der Waals surface area contributed by atoms with Crippen molar-refractivity contribution >= 4 is 46.6 Å². The number of rotatable bonds is 8. The molecule has 9 heteroatoms. The van der Waals surface area contributed by atoms with Crippen LogP contribution in [0.5, 0.6) is 0 Å². The summed E-state index contributed by atoms with van der Waals surface area (Å²) in [6.45, 7) is 2.08. The number of amides is 1. The van der Waals surface area contributed by atoms with Crippen molar-refractivity contribution in [2.45, 2.75) is 34.4 Å². The van der Waals surface area contributed by atoms with E-state index in [-0.39, 0.29) is 5.91 Å². The molecular formula is C18H19N5OS3. The highest BCUT2D eigenvalue weighted by atomic mass is 32.2. The standard InChI is InChI=1S/C18H19N5OS3/c1-2-25-17-20-21-18(27-17)26-11-16(24)19-15-10-14(12-8-9-12)22-23(15)13-6-4-3-5-7-13/h3-7,10,12H,2,8-9,11H2,1H3,(H,19,24). The SMILES string of the molecule is CCSc1nnc(SCC(=O)Nc2cc(C3CC3)nn2-c2ccccc2)s1. The first-order valence-corrected chi connectivity index (χ1v) is 11.6. The molecule has 0 bridgehead atoms. The van der Waals surface area contributed by atoms with Crippen LogP contribution in [0.2, 0.25) is 0 Å². The van der Waals surface area contributed by atoms with Crippen LogP contribution >= 0.6 is 34.9 Å². The van der Waals surface area contributed by atoms with Gasteiger partial charge in [0.15, 0.2) is 8.68 Å². The number of carbonyl (C=O) groups is 1. The summed E-state index contributed by atoms with van der Waals surface area (Å²) >= 11 is 4.60. The topological polar surface area (TPSA) is 72.7 Å². The number of hydrogen-bond acceptors (Lipinski definition) is 7. The summed E-state index contributed by atoms with van der Waals surface area (Å²) in [6, 6.07) is 11.9. The van der Waals surface area contributed by atoms with Crippen molar-refractivity contribution in [1.82, 2.24) is 20.0 Å². The predicted octanol–water partition coefficient (Wildman–Crippen LogP) is 4.44. The van der Waals surface area contributed by atoms with Gasteiger partial charge in [0.1, 0.15) is 5.82 Å². The molecule has 6 nitrogen and oxygen atoms in total. The van der Waals surface area contributed by atoms with Crippen LogP contribution in [0.3, 0.4) is 0 Å². The molecule has 1 aliphatic rings. The Morgan fingerprint density at radius 1 is 1.22 bits per heavy atom. The van der Waals surface area contributed by atoms with Crippen molar-refractivity contribution in [2.24, 2.45) is 0 Å². The zero-order valence-electron chi connectivity index (χ0n) is 14.8. The molecule has 140 valence electrons.